The van der Waals surface area contributed by atoms with Crippen LogP contribution in [0.3, 0.4) is 0 Å². The number of hydrogen-bond donors (Lipinski definition) is 0. The average molecular weight is 261 g/mol. The summed E-state index contributed by atoms with van der Waals surface area (Å²) < 4.78 is 26.7. The van der Waals surface area contributed by atoms with Crippen LogP contribution in [0.5, 0.6) is 0 Å². The summed E-state index contributed by atoms with van der Waals surface area (Å²) in [5, 5.41) is 0. The Labute approximate surface area is 79.4 Å². The summed E-state index contributed by atoms with van der Waals surface area (Å²) in [4.78, 5) is 0. The zero-order chi connectivity index (χ0) is 7.94. The molecule has 0 radical (unpaired) electrons. The van der Waals surface area contributed by atoms with Gasteiger partial charge in [-0.2, -0.15) is 0 Å². The molecule has 0 unspecified atom stereocenters. The second-order valence-corrected chi connectivity index (χ2v) is 15.1. The Bertz CT molecular complexity index is 89.0. The molecular formula is H12O5Si6. The van der Waals surface area contributed by atoms with Crippen molar-refractivity contribution in [3.05, 3.63) is 0 Å². The first-order valence-corrected chi connectivity index (χ1v) is 12.4. The van der Waals surface area contributed by atoms with Crippen LogP contribution in [0.25, 0.3) is 0 Å². The van der Waals surface area contributed by atoms with Crippen molar-refractivity contribution in [3.8, 4) is 0 Å². The van der Waals surface area contributed by atoms with Crippen LogP contribution >= 0.6 is 0 Å². The Morgan fingerprint density at radius 3 is 2.36 bits per heavy atom. The van der Waals surface area contributed by atoms with Crippen molar-refractivity contribution in [2.24, 2.45) is 0 Å². The number of hydrogen-bond acceptors (Lipinski definition) is 5. The highest BCUT2D eigenvalue weighted by Gasteiger charge is 2.15. The molecule has 5 nitrogen and oxygen atoms in total. The molecule has 0 amide bonds. The summed E-state index contributed by atoms with van der Waals surface area (Å²) in [5.41, 5.74) is 0. The summed E-state index contributed by atoms with van der Waals surface area (Å²) in [6.45, 7) is 0. The molecule has 11 heteroatoms. The molecular weight excluding hydrogens is 249 g/mol. The first kappa shape index (κ1) is 10.2. The fourth-order valence-corrected chi connectivity index (χ4v) is 15.5. The van der Waals surface area contributed by atoms with Gasteiger partial charge in [-0.05, 0) is 0 Å². The maximum absolute atomic E-state index is 5.51. The molecule has 1 fully saturated rings. The van der Waals surface area contributed by atoms with Crippen LogP contribution in [-0.2, 0) is 20.6 Å². The van der Waals surface area contributed by atoms with Crippen LogP contribution in [-0.4, -0.2) is 58.6 Å². The fraction of sp³-hybridized carbons (Fsp3) is 0. The van der Waals surface area contributed by atoms with E-state index in [1.54, 1.807) is 0 Å². The van der Waals surface area contributed by atoms with Crippen molar-refractivity contribution in [1.82, 2.24) is 0 Å². The van der Waals surface area contributed by atoms with Gasteiger partial charge < -0.3 is 20.6 Å². The highest BCUT2D eigenvalue weighted by molar-refractivity contribution is 7.06. The van der Waals surface area contributed by atoms with Gasteiger partial charge in [-0.25, -0.2) is 0 Å². The summed E-state index contributed by atoms with van der Waals surface area (Å²) in [7, 11) is -3.23. The van der Waals surface area contributed by atoms with Crippen LogP contribution < -0.4 is 0 Å². The van der Waals surface area contributed by atoms with Gasteiger partial charge in [-0.1, -0.05) is 0 Å². The quantitative estimate of drug-likeness (QED) is 0.463. The molecule has 1 aliphatic rings. The van der Waals surface area contributed by atoms with Crippen molar-refractivity contribution < 1.29 is 20.6 Å². The molecule has 0 aromatic heterocycles. The smallest absolute Gasteiger partial charge is 0.306 e. The van der Waals surface area contributed by atoms with Crippen LogP contribution in [0.15, 0.2) is 0 Å². The van der Waals surface area contributed by atoms with E-state index in [0.29, 0.717) is 0 Å². The Balaban J connectivity index is 2.15. The standard InChI is InChI=1S/H12O5Si6/c6-1-10-11-4-8-2-7-3-9-5-11/h11H,7-10H2,6H3. The van der Waals surface area contributed by atoms with Crippen LogP contribution in [0.2, 0.25) is 0 Å². The lowest BCUT2D eigenvalue weighted by atomic mass is 15.7. The third-order valence-electron chi connectivity index (χ3n) is 1.14. The van der Waals surface area contributed by atoms with E-state index in [4.69, 9.17) is 20.6 Å². The lowest BCUT2D eigenvalue weighted by molar-refractivity contribution is 0.338. The van der Waals surface area contributed by atoms with Gasteiger partial charge in [-0.15, -0.1) is 0 Å². The molecule has 1 rings (SSSR count). The SMILES string of the molecule is [SiH3]O[SiH2][SiH]1O[SiH2]O[SiH2]O[SiH2]O1. The summed E-state index contributed by atoms with van der Waals surface area (Å²) >= 11 is 0. The Hall–Kier alpha value is 1.10. The van der Waals surface area contributed by atoms with Crippen molar-refractivity contribution >= 4 is 58.6 Å². The minimum absolute atomic E-state index is 0.481. The second-order valence-electron chi connectivity index (χ2n) is 1.98. The first-order valence-electron chi connectivity index (χ1n) is 3.31. The van der Waals surface area contributed by atoms with Crippen LogP contribution in [0.1, 0.15) is 0 Å². The van der Waals surface area contributed by atoms with E-state index >= 15 is 0 Å². The van der Waals surface area contributed by atoms with Crippen molar-refractivity contribution in [3.63, 3.8) is 0 Å². The van der Waals surface area contributed by atoms with E-state index in [1.165, 1.54) is 0 Å². The van der Waals surface area contributed by atoms with Crippen molar-refractivity contribution in [1.29, 1.82) is 0 Å². The van der Waals surface area contributed by atoms with Gasteiger partial charge in [0.25, 0.3) is 30.0 Å². The molecule has 0 N–H and O–H groups in total. The van der Waals surface area contributed by atoms with E-state index in [2.05, 4.69) is 0 Å². The molecule has 0 saturated carbocycles. The fourth-order valence-electron chi connectivity index (χ4n) is 0.655. The molecule has 11 heavy (non-hydrogen) atoms. The lowest BCUT2D eigenvalue weighted by Crippen LogP contribution is -2.39. The second kappa shape index (κ2) is 6.60. The normalized spacial score (nSPS) is 35.5. The van der Waals surface area contributed by atoms with Gasteiger partial charge in [0, 0.05) is 0 Å². The molecule has 0 aromatic carbocycles. The minimum atomic E-state index is -1.35. The van der Waals surface area contributed by atoms with Gasteiger partial charge in [-0.3, -0.25) is 0 Å². The van der Waals surface area contributed by atoms with Crippen molar-refractivity contribution in [2.45, 2.75) is 0 Å². The molecule has 0 aromatic rings. The van der Waals surface area contributed by atoms with Crippen LogP contribution in [0.4, 0.5) is 0 Å². The highest BCUT2D eigenvalue weighted by atomic mass is 29.2. The summed E-state index contributed by atoms with van der Waals surface area (Å²) in [6.07, 6.45) is 0. The summed E-state index contributed by atoms with van der Waals surface area (Å²) in [6, 6.07) is 0. The summed E-state index contributed by atoms with van der Waals surface area (Å²) in [5.74, 6) is 0. The van der Waals surface area contributed by atoms with E-state index in [1.807, 2.05) is 0 Å². The van der Waals surface area contributed by atoms with Gasteiger partial charge in [0.05, 0.1) is 0 Å². The average Bonchev–Trinajstić information content (AvgIpc) is 1.94. The van der Waals surface area contributed by atoms with E-state index in [9.17, 15) is 0 Å². The van der Waals surface area contributed by atoms with Gasteiger partial charge in [0.1, 0.15) is 10.5 Å². The molecule has 1 aliphatic heterocycles. The molecule has 0 bridgehead atoms. The van der Waals surface area contributed by atoms with E-state index in [-0.39, 0.29) is 0 Å². The molecule has 0 aliphatic carbocycles. The zero-order valence-corrected chi connectivity index (χ0v) is 15.3. The zero-order valence-electron chi connectivity index (χ0n) is 6.45. The monoisotopic (exact) mass is 260 g/mol. The molecule has 1 saturated heterocycles. The highest BCUT2D eigenvalue weighted by Crippen LogP contribution is 1.90. The van der Waals surface area contributed by atoms with Gasteiger partial charge in [0.2, 0.25) is 0 Å². The minimum Gasteiger partial charge on any atom is -0.466 e. The first-order chi connectivity index (χ1) is 5.43. The Kier molecular flexibility index (Phi) is 6.11. The molecule has 0 atom stereocenters. The van der Waals surface area contributed by atoms with E-state index in [0.717, 1.165) is 10.5 Å². The predicted molar refractivity (Wildman–Crippen MR) is 56.7 cm³/mol. The third kappa shape index (κ3) is 4.62. The van der Waals surface area contributed by atoms with Gasteiger partial charge >= 0.3 is 8.80 Å². The largest absolute Gasteiger partial charge is 0.466 e. The Morgan fingerprint density at radius 2 is 1.82 bits per heavy atom. The van der Waals surface area contributed by atoms with Crippen LogP contribution in [0, 0.1) is 0 Å². The lowest BCUT2D eigenvalue weighted by Gasteiger charge is -2.19. The number of rotatable bonds is 2. The van der Waals surface area contributed by atoms with E-state index < -0.39 is 48.1 Å². The molecule has 66 valence electrons. The van der Waals surface area contributed by atoms with Gasteiger partial charge in [0.15, 0.2) is 9.28 Å². The molecule has 1 heterocycles. The topological polar surface area (TPSA) is 46.2 Å². The molecule has 0 spiro atoms. The maximum Gasteiger partial charge on any atom is 0.306 e. The Morgan fingerprint density at radius 1 is 1.18 bits per heavy atom. The third-order valence-corrected chi connectivity index (χ3v) is 17.5. The maximum atomic E-state index is 5.51. The van der Waals surface area contributed by atoms with Crippen molar-refractivity contribution in [2.75, 3.05) is 0 Å². The predicted octanol–water partition coefficient (Wildman–Crippen LogP) is -5.84.